The molecule has 172 valence electrons. The van der Waals surface area contributed by atoms with Crippen molar-refractivity contribution in [2.24, 2.45) is 0 Å². The zero-order valence-electron chi connectivity index (χ0n) is 18.7. The number of rotatable bonds is 8. The minimum absolute atomic E-state index is 0.0755. The van der Waals surface area contributed by atoms with Gasteiger partial charge in [0.25, 0.3) is 0 Å². The number of morpholine rings is 1. The Kier molecular flexibility index (Phi) is 8.06. The summed E-state index contributed by atoms with van der Waals surface area (Å²) in [6.07, 6.45) is 3.97. The average molecular weight is 459 g/mol. The lowest BCUT2D eigenvalue weighted by Gasteiger charge is -2.26. The third-order valence-electron chi connectivity index (χ3n) is 5.56. The molecule has 2 aromatic carbocycles. The molecule has 1 aliphatic rings. The zero-order valence-corrected chi connectivity index (χ0v) is 19.5. The van der Waals surface area contributed by atoms with E-state index in [-0.39, 0.29) is 16.6 Å². The summed E-state index contributed by atoms with van der Waals surface area (Å²) in [5, 5.41) is 2.92. The number of hydrogen-bond donors (Lipinski definition) is 1. The summed E-state index contributed by atoms with van der Waals surface area (Å²) in [6, 6.07) is 12.6. The smallest absolute Gasteiger partial charge is 0.248 e. The molecule has 1 heterocycles. The van der Waals surface area contributed by atoms with Gasteiger partial charge in [-0.3, -0.25) is 4.79 Å². The summed E-state index contributed by atoms with van der Waals surface area (Å²) < 4.78 is 38.2. The first-order valence-electron chi connectivity index (χ1n) is 10.7. The summed E-state index contributed by atoms with van der Waals surface area (Å²) in [5.41, 5.74) is 2.45. The number of hydrogen-bond acceptors (Lipinski definition) is 5. The Morgan fingerprint density at radius 1 is 1.22 bits per heavy atom. The highest BCUT2D eigenvalue weighted by molar-refractivity contribution is 7.89. The molecular weight excluding hydrogens is 428 g/mol. The first-order valence-corrected chi connectivity index (χ1v) is 12.1. The molecule has 1 fully saturated rings. The number of methoxy groups -OCH3 is 1. The molecule has 2 aromatic rings. The van der Waals surface area contributed by atoms with E-state index in [0.717, 1.165) is 17.7 Å². The van der Waals surface area contributed by atoms with Gasteiger partial charge in [0.05, 0.1) is 20.3 Å². The van der Waals surface area contributed by atoms with Crippen LogP contribution in [-0.4, -0.2) is 52.0 Å². The van der Waals surface area contributed by atoms with Crippen LogP contribution in [0.5, 0.6) is 5.75 Å². The van der Waals surface area contributed by atoms with Crippen molar-refractivity contribution >= 4 is 27.7 Å². The van der Waals surface area contributed by atoms with Gasteiger partial charge >= 0.3 is 0 Å². The van der Waals surface area contributed by atoms with Gasteiger partial charge in [0, 0.05) is 24.9 Å². The van der Waals surface area contributed by atoms with E-state index in [1.807, 2.05) is 24.3 Å². The van der Waals surface area contributed by atoms with Gasteiger partial charge < -0.3 is 14.8 Å². The molecule has 0 saturated carbocycles. The third-order valence-corrected chi connectivity index (χ3v) is 7.48. The minimum Gasteiger partial charge on any atom is -0.495 e. The second-order valence-electron chi connectivity index (χ2n) is 7.65. The van der Waals surface area contributed by atoms with Gasteiger partial charge in [-0.05, 0) is 47.7 Å². The predicted octanol–water partition coefficient (Wildman–Crippen LogP) is 3.88. The van der Waals surface area contributed by atoms with E-state index in [2.05, 4.69) is 19.2 Å². The molecule has 32 heavy (non-hydrogen) atoms. The fourth-order valence-electron chi connectivity index (χ4n) is 3.53. The van der Waals surface area contributed by atoms with Crippen molar-refractivity contribution in [3.63, 3.8) is 0 Å². The molecule has 1 N–H and O–H groups in total. The second-order valence-corrected chi connectivity index (χ2v) is 9.55. The topological polar surface area (TPSA) is 84.9 Å². The molecule has 1 aliphatic heterocycles. The Labute approximate surface area is 190 Å². The Morgan fingerprint density at radius 3 is 2.62 bits per heavy atom. The monoisotopic (exact) mass is 458 g/mol. The molecule has 1 atom stereocenters. The predicted molar refractivity (Wildman–Crippen MR) is 125 cm³/mol. The van der Waals surface area contributed by atoms with Crippen LogP contribution in [0.3, 0.4) is 0 Å². The fraction of sp³-hybridized carbons (Fsp3) is 0.375. The summed E-state index contributed by atoms with van der Waals surface area (Å²) in [4.78, 5) is 12.6. The number of amides is 1. The largest absolute Gasteiger partial charge is 0.495 e. The summed E-state index contributed by atoms with van der Waals surface area (Å²) in [7, 11) is -2.30. The van der Waals surface area contributed by atoms with Crippen LogP contribution in [0.1, 0.15) is 37.3 Å². The first-order chi connectivity index (χ1) is 15.4. The van der Waals surface area contributed by atoms with Crippen molar-refractivity contribution in [3.8, 4) is 5.75 Å². The van der Waals surface area contributed by atoms with E-state index >= 15 is 0 Å². The lowest BCUT2D eigenvalue weighted by molar-refractivity contribution is -0.111. The van der Waals surface area contributed by atoms with Gasteiger partial charge in [-0.25, -0.2) is 8.42 Å². The lowest BCUT2D eigenvalue weighted by atomic mass is 9.97. The Hall–Kier alpha value is -2.68. The number of sulfonamides is 1. The van der Waals surface area contributed by atoms with E-state index < -0.39 is 10.0 Å². The van der Waals surface area contributed by atoms with Crippen LogP contribution >= 0.6 is 0 Å². The van der Waals surface area contributed by atoms with Crippen molar-refractivity contribution < 1.29 is 22.7 Å². The SMILES string of the molecule is CC[C@@H](C)c1ccccc1NC(=O)/C=C/c1ccc(OC)c(S(=O)(=O)N2CCOCC2)c1. The second kappa shape index (κ2) is 10.8. The number of nitrogens with zero attached hydrogens (tertiary/aromatic N) is 1. The molecule has 0 aliphatic carbocycles. The van der Waals surface area contributed by atoms with Gasteiger partial charge in [0.1, 0.15) is 10.6 Å². The molecular formula is C24H30N2O5S. The van der Waals surface area contributed by atoms with Crippen LogP contribution in [-0.2, 0) is 19.6 Å². The summed E-state index contributed by atoms with van der Waals surface area (Å²) in [6.45, 7) is 5.54. The van der Waals surface area contributed by atoms with Crippen LogP contribution in [0.2, 0.25) is 0 Å². The molecule has 0 unspecified atom stereocenters. The number of ether oxygens (including phenoxy) is 2. The first kappa shape index (κ1) is 24.0. The molecule has 0 aromatic heterocycles. The Morgan fingerprint density at radius 2 is 1.94 bits per heavy atom. The van der Waals surface area contributed by atoms with Gasteiger partial charge in [-0.2, -0.15) is 4.31 Å². The molecule has 3 rings (SSSR count). The van der Waals surface area contributed by atoms with E-state index in [9.17, 15) is 13.2 Å². The third kappa shape index (κ3) is 5.56. The molecule has 1 saturated heterocycles. The van der Waals surface area contributed by atoms with Crippen LogP contribution < -0.4 is 10.1 Å². The number of nitrogens with one attached hydrogen (secondary N) is 1. The number of benzene rings is 2. The summed E-state index contributed by atoms with van der Waals surface area (Å²) >= 11 is 0. The lowest BCUT2D eigenvalue weighted by Crippen LogP contribution is -2.40. The fourth-order valence-corrected chi connectivity index (χ4v) is 5.13. The molecule has 8 heteroatoms. The normalized spacial score (nSPS) is 16.1. The highest BCUT2D eigenvalue weighted by Crippen LogP contribution is 2.29. The molecule has 0 bridgehead atoms. The Balaban J connectivity index is 1.81. The molecule has 7 nitrogen and oxygen atoms in total. The number of carbonyl (C=O) groups is 1. The maximum absolute atomic E-state index is 13.1. The van der Waals surface area contributed by atoms with Crippen molar-refractivity contribution in [2.75, 3.05) is 38.7 Å². The Bertz CT molecular complexity index is 1080. The molecule has 1 amide bonds. The van der Waals surface area contributed by atoms with Gasteiger partial charge in [-0.15, -0.1) is 0 Å². The van der Waals surface area contributed by atoms with Crippen molar-refractivity contribution in [2.45, 2.75) is 31.1 Å². The van der Waals surface area contributed by atoms with Crippen molar-refractivity contribution in [1.82, 2.24) is 4.31 Å². The van der Waals surface area contributed by atoms with Crippen molar-refractivity contribution in [3.05, 3.63) is 59.7 Å². The van der Waals surface area contributed by atoms with Crippen LogP contribution in [0.15, 0.2) is 53.4 Å². The van der Waals surface area contributed by atoms with E-state index in [4.69, 9.17) is 9.47 Å². The quantitative estimate of drug-likeness (QED) is 0.607. The van der Waals surface area contributed by atoms with Gasteiger partial charge in [0.2, 0.25) is 15.9 Å². The van der Waals surface area contributed by atoms with Crippen LogP contribution in [0.4, 0.5) is 5.69 Å². The average Bonchev–Trinajstić information content (AvgIpc) is 2.83. The highest BCUT2D eigenvalue weighted by atomic mass is 32.2. The molecule has 0 spiro atoms. The minimum atomic E-state index is -3.74. The number of para-hydroxylation sites is 1. The number of anilines is 1. The van der Waals surface area contributed by atoms with Crippen molar-refractivity contribution in [1.29, 1.82) is 0 Å². The highest BCUT2D eigenvalue weighted by Gasteiger charge is 2.29. The summed E-state index contributed by atoms with van der Waals surface area (Å²) in [5.74, 6) is 0.305. The van der Waals surface area contributed by atoms with Gasteiger partial charge in [0.15, 0.2) is 0 Å². The van der Waals surface area contributed by atoms with E-state index in [1.165, 1.54) is 23.6 Å². The number of carbonyl (C=O) groups excluding carboxylic acids is 1. The maximum Gasteiger partial charge on any atom is 0.248 e. The molecule has 0 radical (unpaired) electrons. The van der Waals surface area contributed by atoms with E-state index in [1.54, 1.807) is 18.2 Å². The van der Waals surface area contributed by atoms with E-state index in [0.29, 0.717) is 37.8 Å². The zero-order chi connectivity index (χ0) is 23.1. The van der Waals surface area contributed by atoms with Crippen LogP contribution in [0.25, 0.3) is 6.08 Å². The maximum atomic E-state index is 13.1. The standard InChI is InChI=1S/C24H30N2O5S/c1-4-18(2)20-7-5-6-8-21(20)25-24(27)12-10-19-9-11-22(30-3)23(17-19)32(28,29)26-13-15-31-16-14-26/h5-12,17-18H,4,13-16H2,1-3H3,(H,25,27)/b12-10+/t18-/m1/s1. The van der Waals surface area contributed by atoms with Gasteiger partial charge in [-0.1, -0.05) is 38.1 Å². The van der Waals surface area contributed by atoms with Crippen LogP contribution in [0, 0.1) is 0 Å².